The van der Waals surface area contributed by atoms with E-state index in [9.17, 15) is 20.4 Å². The topological polar surface area (TPSA) is 109 Å². The average molecular weight is 430 g/mol. The van der Waals surface area contributed by atoms with E-state index < -0.39 is 37.1 Å². The molecule has 2 saturated heterocycles. The predicted octanol–water partition coefficient (Wildman–Crippen LogP) is 1.27. The third-order valence-electron chi connectivity index (χ3n) is 6.10. The number of hydrogen-bond acceptors (Lipinski definition) is 7. The molecule has 0 saturated carbocycles. The molecule has 0 amide bonds. The molecule has 2 fully saturated rings. The van der Waals surface area contributed by atoms with E-state index in [4.69, 9.17) is 14.2 Å². The molecule has 0 radical (unpaired) electrons. The van der Waals surface area contributed by atoms with Gasteiger partial charge >= 0.3 is 0 Å². The van der Waals surface area contributed by atoms with E-state index in [-0.39, 0.29) is 6.10 Å². The van der Waals surface area contributed by atoms with E-state index in [1.807, 2.05) is 49.4 Å². The maximum Gasteiger partial charge on any atom is 0.124 e. The van der Waals surface area contributed by atoms with Gasteiger partial charge in [0.05, 0.1) is 19.8 Å². The highest BCUT2D eigenvalue weighted by Crippen LogP contribution is 2.33. The largest absolute Gasteiger partial charge is 0.488 e. The smallest absolute Gasteiger partial charge is 0.124 e. The van der Waals surface area contributed by atoms with Crippen LogP contribution < -0.4 is 4.74 Å². The Bertz CT molecular complexity index is 861. The van der Waals surface area contributed by atoms with Crippen LogP contribution in [-0.4, -0.2) is 70.8 Å². The summed E-state index contributed by atoms with van der Waals surface area (Å²) in [5, 5.41) is 40.0. The first-order chi connectivity index (χ1) is 15.0. The number of aliphatic hydroxyl groups excluding tert-OH is 4. The molecule has 4 N–H and O–H groups in total. The van der Waals surface area contributed by atoms with Crippen molar-refractivity contribution in [3.63, 3.8) is 0 Å². The van der Waals surface area contributed by atoms with E-state index in [0.29, 0.717) is 18.6 Å². The lowest BCUT2D eigenvalue weighted by atomic mass is 9.89. The summed E-state index contributed by atoms with van der Waals surface area (Å²) in [4.78, 5) is 0. The summed E-state index contributed by atoms with van der Waals surface area (Å²) in [6.07, 6.45) is -4.09. The Balaban J connectivity index is 1.49. The van der Waals surface area contributed by atoms with Crippen molar-refractivity contribution in [2.75, 3.05) is 19.8 Å². The van der Waals surface area contributed by atoms with E-state index >= 15 is 0 Å². The second kappa shape index (κ2) is 9.65. The lowest BCUT2D eigenvalue weighted by Crippen LogP contribution is -2.55. The highest BCUT2D eigenvalue weighted by Gasteiger charge is 2.43. The Morgan fingerprint density at radius 3 is 2.45 bits per heavy atom. The third-order valence-corrected chi connectivity index (χ3v) is 6.10. The van der Waals surface area contributed by atoms with Gasteiger partial charge in [-0.3, -0.25) is 0 Å². The summed E-state index contributed by atoms with van der Waals surface area (Å²) in [6.45, 7) is 2.95. The van der Waals surface area contributed by atoms with Crippen LogP contribution >= 0.6 is 0 Å². The Morgan fingerprint density at radius 1 is 1.00 bits per heavy atom. The Hall–Kier alpha value is -2.00. The fourth-order valence-electron chi connectivity index (χ4n) is 4.14. The summed E-state index contributed by atoms with van der Waals surface area (Å²) in [5.41, 5.74) is 3.96. The predicted molar refractivity (Wildman–Crippen MR) is 113 cm³/mol. The molecule has 0 spiro atoms. The number of aryl methyl sites for hydroxylation is 1. The van der Waals surface area contributed by atoms with Crippen LogP contribution in [-0.2, 0) is 15.9 Å². The lowest BCUT2D eigenvalue weighted by Gasteiger charge is -2.40. The molecule has 0 bridgehead atoms. The molecule has 0 aromatic heterocycles. The molecular weight excluding hydrogens is 400 g/mol. The van der Waals surface area contributed by atoms with E-state index in [0.717, 1.165) is 35.5 Å². The molecule has 2 aliphatic heterocycles. The van der Waals surface area contributed by atoms with Gasteiger partial charge in [0.25, 0.3) is 0 Å². The van der Waals surface area contributed by atoms with Crippen molar-refractivity contribution in [3.05, 3.63) is 64.7 Å². The third kappa shape index (κ3) is 4.92. The summed E-state index contributed by atoms with van der Waals surface area (Å²) >= 11 is 0. The second-order valence-electron chi connectivity index (χ2n) is 8.36. The maximum atomic E-state index is 10.4. The quantitative estimate of drug-likeness (QED) is 0.547. The summed E-state index contributed by atoms with van der Waals surface area (Å²) in [6, 6.07) is 13.7. The van der Waals surface area contributed by atoms with Crippen LogP contribution in [0.25, 0.3) is 0 Å². The zero-order valence-electron chi connectivity index (χ0n) is 17.6. The van der Waals surface area contributed by atoms with Crippen molar-refractivity contribution in [2.45, 2.75) is 56.4 Å². The van der Waals surface area contributed by atoms with Gasteiger partial charge < -0.3 is 34.6 Å². The fourth-order valence-corrected chi connectivity index (χ4v) is 4.14. The summed E-state index contributed by atoms with van der Waals surface area (Å²) in [7, 11) is 0. The van der Waals surface area contributed by atoms with Crippen LogP contribution in [0.2, 0.25) is 0 Å². The van der Waals surface area contributed by atoms with Gasteiger partial charge in [-0.25, -0.2) is 0 Å². The van der Waals surface area contributed by atoms with E-state index in [1.54, 1.807) is 0 Å². The average Bonchev–Trinajstić information content (AvgIpc) is 3.28. The first kappa shape index (κ1) is 22.2. The number of rotatable bonds is 6. The standard InChI is InChI=1S/C24H30O7/c1-14-2-5-16(24-23(28)22(27)21(26)20(12-25)31-24)11-17(14)10-15-3-6-18(7-4-15)30-19-8-9-29-13-19/h2-7,11,19-28H,8-10,12-13H2,1H3. The molecule has 6 unspecified atom stereocenters. The molecule has 6 atom stereocenters. The van der Waals surface area contributed by atoms with Gasteiger partial charge in [0.2, 0.25) is 0 Å². The number of aliphatic hydroxyl groups is 4. The summed E-state index contributed by atoms with van der Waals surface area (Å²) < 4.78 is 17.0. The molecule has 2 aromatic carbocycles. The van der Waals surface area contributed by atoms with Gasteiger partial charge in [0.15, 0.2) is 0 Å². The normalized spacial score (nSPS) is 31.0. The SMILES string of the molecule is Cc1ccc(C2OC(CO)C(O)C(O)C2O)cc1Cc1ccc(OC2CCOC2)cc1. The first-order valence-corrected chi connectivity index (χ1v) is 10.7. The van der Waals surface area contributed by atoms with Crippen LogP contribution in [0.3, 0.4) is 0 Å². The van der Waals surface area contributed by atoms with Crippen LogP contribution in [0.4, 0.5) is 0 Å². The minimum absolute atomic E-state index is 0.114. The fraction of sp³-hybridized carbons (Fsp3) is 0.500. The molecule has 31 heavy (non-hydrogen) atoms. The zero-order chi connectivity index (χ0) is 22.0. The number of ether oxygens (including phenoxy) is 3. The van der Waals surface area contributed by atoms with Crippen molar-refractivity contribution in [2.24, 2.45) is 0 Å². The van der Waals surface area contributed by atoms with Crippen molar-refractivity contribution in [3.8, 4) is 5.75 Å². The van der Waals surface area contributed by atoms with Crippen LogP contribution in [0.1, 0.15) is 34.8 Å². The van der Waals surface area contributed by atoms with Gasteiger partial charge in [-0.05, 0) is 47.7 Å². The monoisotopic (exact) mass is 430 g/mol. The van der Waals surface area contributed by atoms with Gasteiger partial charge in [0.1, 0.15) is 42.4 Å². The van der Waals surface area contributed by atoms with Crippen molar-refractivity contribution >= 4 is 0 Å². The van der Waals surface area contributed by atoms with Crippen LogP contribution in [0.5, 0.6) is 5.75 Å². The Kier molecular flexibility index (Phi) is 6.91. The number of hydrogen-bond donors (Lipinski definition) is 4. The van der Waals surface area contributed by atoms with E-state index in [2.05, 4.69) is 0 Å². The molecule has 4 rings (SSSR count). The highest BCUT2D eigenvalue weighted by molar-refractivity contribution is 5.38. The lowest BCUT2D eigenvalue weighted by molar-refractivity contribution is -0.231. The van der Waals surface area contributed by atoms with Gasteiger partial charge in [-0.1, -0.05) is 30.3 Å². The van der Waals surface area contributed by atoms with Crippen molar-refractivity contribution in [1.29, 1.82) is 0 Å². The maximum absolute atomic E-state index is 10.4. The number of benzene rings is 2. The van der Waals surface area contributed by atoms with E-state index in [1.165, 1.54) is 0 Å². The molecule has 7 heteroatoms. The van der Waals surface area contributed by atoms with Crippen molar-refractivity contribution in [1.82, 2.24) is 0 Å². The first-order valence-electron chi connectivity index (χ1n) is 10.7. The van der Waals surface area contributed by atoms with Crippen LogP contribution in [0, 0.1) is 6.92 Å². The molecular formula is C24H30O7. The van der Waals surface area contributed by atoms with Gasteiger partial charge in [-0.2, -0.15) is 0 Å². The molecule has 168 valence electrons. The molecule has 2 aromatic rings. The Morgan fingerprint density at radius 2 is 1.77 bits per heavy atom. The summed E-state index contributed by atoms with van der Waals surface area (Å²) in [5.74, 6) is 0.825. The second-order valence-corrected chi connectivity index (χ2v) is 8.36. The minimum Gasteiger partial charge on any atom is -0.488 e. The Labute approximate surface area is 181 Å². The van der Waals surface area contributed by atoms with Gasteiger partial charge in [-0.15, -0.1) is 0 Å². The van der Waals surface area contributed by atoms with Crippen LogP contribution in [0.15, 0.2) is 42.5 Å². The minimum atomic E-state index is -1.39. The molecule has 0 aliphatic carbocycles. The zero-order valence-corrected chi connectivity index (χ0v) is 17.6. The molecule has 7 nitrogen and oxygen atoms in total. The highest BCUT2D eigenvalue weighted by atomic mass is 16.5. The van der Waals surface area contributed by atoms with Gasteiger partial charge in [0, 0.05) is 6.42 Å². The molecule has 2 heterocycles. The molecule has 2 aliphatic rings. The van der Waals surface area contributed by atoms with Crippen molar-refractivity contribution < 1.29 is 34.6 Å².